The number of H-pyrrole nitrogens is 1. The molecule has 4 nitrogen and oxygen atoms in total. The van der Waals surface area contributed by atoms with Crippen molar-refractivity contribution in [1.29, 1.82) is 0 Å². The van der Waals surface area contributed by atoms with Gasteiger partial charge in [0.05, 0.1) is 5.56 Å². The molecule has 4 aromatic rings. The van der Waals surface area contributed by atoms with E-state index in [-0.39, 0.29) is 18.0 Å². The van der Waals surface area contributed by atoms with Crippen molar-refractivity contribution in [3.05, 3.63) is 94.4 Å². The summed E-state index contributed by atoms with van der Waals surface area (Å²) >= 11 is 6.44. The van der Waals surface area contributed by atoms with E-state index < -0.39 is 17.7 Å². The van der Waals surface area contributed by atoms with Crippen LogP contribution < -0.4 is 5.32 Å². The second-order valence-corrected chi connectivity index (χ2v) is 7.86. The average Bonchev–Trinajstić information content (AvgIpc) is 3.16. The second-order valence-electron chi connectivity index (χ2n) is 7.50. The summed E-state index contributed by atoms with van der Waals surface area (Å²) in [4.78, 5) is 20.4. The number of hydrogen-bond acceptors (Lipinski definition) is 2. The number of aryl methyl sites for hydroxylation is 1. The molecule has 2 aromatic heterocycles. The molecule has 0 spiro atoms. The molecule has 1 atom stereocenters. The van der Waals surface area contributed by atoms with E-state index in [4.69, 9.17) is 11.6 Å². The highest BCUT2D eigenvalue weighted by atomic mass is 35.5. The lowest BCUT2D eigenvalue weighted by molar-refractivity contribution is -0.137. The van der Waals surface area contributed by atoms with Crippen molar-refractivity contribution in [2.45, 2.75) is 25.4 Å². The molecule has 0 saturated heterocycles. The Balaban J connectivity index is 1.64. The highest BCUT2D eigenvalue weighted by Gasteiger charge is 2.30. The van der Waals surface area contributed by atoms with Crippen LogP contribution in [0, 0.1) is 6.92 Å². The second kappa shape index (κ2) is 8.67. The molecular formula is C24H19ClF3N3O. The van der Waals surface area contributed by atoms with E-state index in [1.807, 2.05) is 49.5 Å². The van der Waals surface area contributed by atoms with Crippen LogP contribution in [0.1, 0.15) is 34.7 Å². The van der Waals surface area contributed by atoms with Crippen molar-refractivity contribution in [2.24, 2.45) is 0 Å². The van der Waals surface area contributed by atoms with Crippen LogP contribution in [0.25, 0.3) is 10.9 Å². The van der Waals surface area contributed by atoms with Gasteiger partial charge in [0.1, 0.15) is 5.15 Å². The summed E-state index contributed by atoms with van der Waals surface area (Å²) in [5, 5.41) is 3.94. The van der Waals surface area contributed by atoms with Crippen molar-refractivity contribution in [3.8, 4) is 0 Å². The SMILES string of the molecule is Cc1ccc(C(CC(=O)Nc2ccc(C(F)(F)F)cc2)c2c[nH]c3ccccc23)c(Cl)n1. The van der Waals surface area contributed by atoms with Gasteiger partial charge in [0.2, 0.25) is 5.91 Å². The summed E-state index contributed by atoms with van der Waals surface area (Å²) in [6.07, 6.45) is -2.55. The molecular weight excluding hydrogens is 439 g/mol. The Morgan fingerprint density at radius 3 is 2.47 bits per heavy atom. The number of alkyl halides is 3. The molecule has 32 heavy (non-hydrogen) atoms. The lowest BCUT2D eigenvalue weighted by atomic mass is 9.88. The molecule has 0 radical (unpaired) electrons. The predicted octanol–water partition coefficient (Wildman–Crippen LogP) is 6.70. The first kappa shape index (κ1) is 21.9. The van der Waals surface area contributed by atoms with Gasteiger partial charge in [-0.2, -0.15) is 13.2 Å². The number of halogens is 4. The fourth-order valence-electron chi connectivity index (χ4n) is 3.71. The van der Waals surface area contributed by atoms with E-state index in [1.54, 1.807) is 0 Å². The minimum atomic E-state index is -4.43. The summed E-state index contributed by atoms with van der Waals surface area (Å²) in [7, 11) is 0. The van der Waals surface area contributed by atoms with Crippen LogP contribution in [0.3, 0.4) is 0 Å². The molecule has 2 heterocycles. The normalized spacial score (nSPS) is 12.7. The summed E-state index contributed by atoms with van der Waals surface area (Å²) < 4.78 is 38.4. The zero-order valence-electron chi connectivity index (χ0n) is 17.0. The molecule has 0 fully saturated rings. The monoisotopic (exact) mass is 457 g/mol. The third kappa shape index (κ3) is 4.62. The number of carbonyl (C=O) groups excluding carboxylic acids is 1. The molecule has 164 valence electrons. The lowest BCUT2D eigenvalue weighted by Gasteiger charge is -2.18. The number of benzene rings is 2. The summed E-state index contributed by atoms with van der Waals surface area (Å²) in [6, 6.07) is 15.7. The molecule has 2 N–H and O–H groups in total. The summed E-state index contributed by atoms with van der Waals surface area (Å²) in [5.41, 5.74) is 2.77. The van der Waals surface area contributed by atoms with Crippen molar-refractivity contribution in [3.63, 3.8) is 0 Å². The van der Waals surface area contributed by atoms with E-state index in [9.17, 15) is 18.0 Å². The Morgan fingerprint density at radius 1 is 1.06 bits per heavy atom. The van der Waals surface area contributed by atoms with Gasteiger partial charge in [0.25, 0.3) is 0 Å². The van der Waals surface area contributed by atoms with Crippen LogP contribution in [0.2, 0.25) is 5.15 Å². The van der Waals surface area contributed by atoms with Crippen LogP contribution in [-0.2, 0) is 11.0 Å². The van der Waals surface area contributed by atoms with Gasteiger partial charge in [-0.25, -0.2) is 4.98 Å². The number of aromatic amines is 1. The molecule has 0 bridgehead atoms. The maximum atomic E-state index is 12.9. The number of anilines is 1. The van der Waals surface area contributed by atoms with Gasteiger partial charge in [-0.1, -0.05) is 35.9 Å². The molecule has 0 saturated carbocycles. The van der Waals surface area contributed by atoms with E-state index in [0.717, 1.165) is 34.3 Å². The Hall–Kier alpha value is -3.32. The predicted molar refractivity (Wildman–Crippen MR) is 119 cm³/mol. The standard InChI is InChI=1S/C24H19ClF3N3O/c1-14-6-11-18(23(25)30-14)19(20-13-29-21-5-3-2-4-17(20)21)12-22(32)31-16-9-7-15(8-10-16)24(26,27)28/h2-11,13,19,29H,12H2,1H3,(H,31,32). The average molecular weight is 458 g/mol. The number of nitrogens with one attached hydrogen (secondary N) is 2. The number of carbonyl (C=O) groups is 1. The minimum Gasteiger partial charge on any atom is -0.361 e. The number of amides is 1. The third-order valence-electron chi connectivity index (χ3n) is 5.27. The highest BCUT2D eigenvalue weighted by Crippen LogP contribution is 2.36. The Morgan fingerprint density at radius 2 is 1.78 bits per heavy atom. The fraction of sp³-hybridized carbons (Fsp3) is 0.167. The molecule has 4 rings (SSSR count). The van der Waals surface area contributed by atoms with Crippen molar-refractivity contribution >= 4 is 34.1 Å². The maximum absolute atomic E-state index is 12.9. The number of para-hydroxylation sites is 1. The number of pyridine rings is 1. The highest BCUT2D eigenvalue weighted by molar-refractivity contribution is 6.30. The maximum Gasteiger partial charge on any atom is 0.416 e. The first-order valence-corrected chi connectivity index (χ1v) is 10.3. The Bertz CT molecular complexity index is 1270. The molecule has 0 aliphatic carbocycles. The van der Waals surface area contributed by atoms with Crippen molar-refractivity contribution in [1.82, 2.24) is 9.97 Å². The third-order valence-corrected chi connectivity index (χ3v) is 5.58. The van der Waals surface area contributed by atoms with Gasteiger partial charge in [-0.15, -0.1) is 0 Å². The minimum absolute atomic E-state index is 0.0351. The topological polar surface area (TPSA) is 57.8 Å². The zero-order valence-corrected chi connectivity index (χ0v) is 17.8. The van der Waals surface area contributed by atoms with Gasteiger partial charge in [0, 0.05) is 40.8 Å². The number of hydrogen-bond donors (Lipinski definition) is 2. The van der Waals surface area contributed by atoms with Crippen LogP contribution >= 0.6 is 11.6 Å². The molecule has 8 heteroatoms. The number of aromatic nitrogens is 2. The summed E-state index contributed by atoms with van der Waals surface area (Å²) in [5.74, 6) is -0.752. The first-order valence-electron chi connectivity index (χ1n) is 9.88. The van der Waals surface area contributed by atoms with E-state index in [0.29, 0.717) is 10.7 Å². The first-order chi connectivity index (χ1) is 15.2. The van der Waals surface area contributed by atoms with Crippen LogP contribution in [0.4, 0.5) is 18.9 Å². The fourth-order valence-corrected chi connectivity index (χ4v) is 4.03. The van der Waals surface area contributed by atoms with Crippen LogP contribution in [0.5, 0.6) is 0 Å². The van der Waals surface area contributed by atoms with Crippen molar-refractivity contribution in [2.75, 3.05) is 5.32 Å². The van der Waals surface area contributed by atoms with E-state index in [2.05, 4.69) is 15.3 Å². The van der Waals surface area contributed by atoms with Gasteiger partial charge in [-0.3, -0.25) is 4.79 Å². The number of rotatable bonds is 5. The molecule has 2 aromatic carbocycles. The van der Waals surface area contributed by atoms with Gasteiger partial charge < -0.3 is 10.3 Å². The number of fused-ring (bicyclic) bond motifs is 1. The summed E-state index contributed by atoms with van der Waals surface area (Å²) in [6.45, 7) is 1.83. The lowest BCUT2D eigenvalue weighted by Crippen LogP contribution is -2.17. The molecule has 1 unspecified atom stereocenters. The molecule has 1 amide bonds. The molecule has 0 aliphatic heterocycles. The smallest absolute Gasteiger partial charge is 0.361 e. The van der Waals surface area contributed by atoms with Crippen molar-refractivity contribution < 1.29 is 18.0 Å². The zero-order chi connectivity index (χ0) is 22.9. The van der Waals surface area contributed by atoms with E-state index >= 15 is 0 Å². The number of nitrogens with zero attached hydrogens (tertiary/aromatic N) is 1. The Labute approximate surface area is 187 Å². The van der Waals surface area contributed by atoms with Crippen LogP contribution in [0.15, 0.2) is 66.9 Å². The van der Waals surface area contributed by atoms with Gasteiger partial charge in [0.15, 0.2) is 0 Å². The van der Waals surface area contributed by atoms with Crippen LogP contribution in [-0.4, -0.2) is 15.9 Å². The van der Waals surface area contributed by atoms with E-state index in [1.165, 1.54) is 12.1 Å². The quantitative estimate of drug-likeness (QED) is 0.327. The Kier molecular flexibility index (Phi) is 5.93. The molecule has 0 aliphatic rings. The van der Waals surface area contributed by atoms with Gasteiger partial charge in [-0.05, 0) is 54.4 Å². The largest absolute Gasteiger partial charge is 0.416 e. The van der Waals surface area contributed by atoms with Gasteiger partial charge >= 0.3 is 6.18 Å².